The number of rotatable bonds is 2. The monoisotopic (exact) mass is 249 g/mol. The van der Waals surface area contributed by atoms with Crippen LogP contribution in [0, 0.1) is 24.0 Å². The molecule has 1 N–H and O–H groups in total. The molecule has 0 spiro atoms. The fourth-order valence-electron chi connectivity index (χ4n) is 2.27. The molecule has 18 heavy (non-hydrogen) atoms. The molecule has 1 saturated heterocycles. The highest BCUT2D eigenvalue weighted by Crippen LogP contribution is 2.31. The second-order valence-electron chi connectivity index (χ2n) is 4.77. The van der Waals surface area contributed by atoms with Crippen molar-refractivity contribution >= 4 is 11.4 Å². The van der Waals surface area contributed by atoms with Crippen LogP contribution in [0.15, 0.2) is 12.1 Å². The molecule has 0 radical (unpaired) electrons. The summed E-state index contributed by atoms with van der Waals surface area (Å²) in [4.78, 5) is 13.0. The van der Waals surface area contributed by atoms with Crippen LogP contribution in [0.5, 0.6) is 0 Å². The second-order valence-corrected chi connectivity index (χ2v) is 4.77. The SMILES string of the molecule is Cc1cc(N2CCCNCC2)c([N+](=O)[O-])cc1C. The van der Waals surface area contributed by atoms with Gasteiger partial charge in [-0.2, -0.15) is 0 Å². The molecule has 0 saturated carbocycles. The summed E-state index contributed by atoms with van der Waals surface area (Å²) in [6, 6.07) is 3.63. The van der Waals surface area contributed by atoms with E-state index in [0.717, 1.165) is 49.4 Å². The Morgan fingerprint density at radius 3 is 2.67 bits per heavy atom. The quantitative estimate of drug-likeness (QED) is 0.643. The maximum Gasteiger partial charge on any atom is 0.292 e. The Labute approximate surface area is 107 Å². The van der Waals surface area contributed by atoms with E-state index in [9.17, 15) is 10.1 Å². The van der Waals surface area contributed by atoms with Gasteiger partial charge in [-0.25, -0.2) is 0 Å². The van der Waals surface area contributed by atoms with Gasteiger partial charge in [-0.1, -0.05) is 0 Å². The van der Waals surface area contributed by atoms with Gasteiger partial charge in [0.2, 0.25) is 0 Å². The van der Waals surface area contributed by atoms with Crippen molar-refractivity contribution in [2.24, 2.45) is 0 Å². The Bertz CT molecular complexity index is 452. The van der Waals surface area contributed by atoms with E-state index in [1.54, 1.807) is 6.07 Å². The van der Waals surface area contributed by atoms with E-state index in [1.165, 1.54) is 0 Å². The Kier molecular flexibility index (Phi) is 3.81. The van der Waals surface area contributed by atoms with Crippen molar-refractivity contribution in [3.8, 4) is 0 Å². The van der Waals surface area contributed by atoms with E-state index in [1.807, 2.05) is 19.9 Å². The van der Waals surface area contributed by atoms with E-state index < -0.39 is 0 Å². The van der Waals surface area contributed by atoms with Crippen LogP contribution in [0.1, 0.15) is 17.5 Å². The minimum Gasteiger partial charge on any atom is -0.365 e. The number of hydrogen-bond acceptors (Lipinski definition) is 4. The molecule has 1 heterocycles. The van der Waals surface area contributed by atoms with E-state index in [4.69, 9.17) is 0 Å². The van der Waals surface area contributed by atoms with Crippen molar-refractivity contribution in [1.82, 2.24) is 5.32 Å². The summed E-state index contributed by atoms with van der Waals surface area (Å²) in [5.74, 6) is 0. The van der Waals surface area contributed by atoms with Crippen LogP contribution in [0.4, 0.5) is 11.4 Å². The van der Waals surface area contributed by atoms with Crippen LogP contribution in [0.25, 0.3) is 0 Å². The van der Waals surface area contributed by atoms with Crippen LogP contribution in [-0.2, 0) is 0 Å². The number of aryl methyl sites for hydroxylation is 2. The lowest BCUT2D eigenvalue weighted by atomic mass is 10.1. The lowest BCUT2D eigenvalue weighted by molar-refractivity contribution is -0.384. The third-order valence-corrected chi connectivity index (χ3v) is 3.47. The van der Waals surface area contributed by atoms with Crippen molar-refractivity contribution in [3.05, 3.63) is 33.4 Å². The number of benzene rings is 1. The summed E-state index contributed by atoms with van der Waals surface area (Å²) in [6.07, 6.45) is 1.02. The summed E-state index contributed by atoms with van der Waals surface area (Å²) in [7, 11) is 0. The average Bonchev–Trinajstić information content (AvgIpc) is 2.60. The fraction of sp³-hybridized carbons (Fsp3) is 0.538. The van der Waals surface area contributed by atoms with Crippen LogP contribution in [0.3, 0.4) is 0 Å². The van der Waals surface area contributed by atoms with Gasteiger partial charge in [0.05, 0.1) is 4.92 Å². The van der Waals surface area contributed by atoms with E-state index in [0.29, 0.717) is 0 Å². The van der Waals surface area contributed by atoms with Crippen LogP contribution in [-0.4, -0.2) is 31.1 Å². The van der Waals surface area contributed by atoms with Crippen molar-refractivity contribution in [3.63, 3.8) is 0 Å². The first-order chi connectivity index (χ1) is 8.59. The predicted molar refractivity (Wildman–Crippen MR) is 72.3 cm³/mol. The Balaban J connectivity index is 2.40. The molecule has 1 fully saturated rings. The molecule has 5 nitrogen and oxygen atoms in total. The lowest BCUT2D eigenvalue weighted by Crippen LogP contribution is -2.28. The third-order valence-electron chi connectivity index (χ3n) is 3.47. The zero-order valence-electron chi connectivity index (χ0n) is 10.9. The number of nitro benzene ring substituents is 1. The van der Waals surface area contributed by atoms with Crippen molar-refractivity contribution < 1.29 is 4.92 Å². The molecular formula is C13H19N3O2. The lowest BCUT2D eigenvalue weighted by Gasteiger charge is -2.22. The molecule has 5 heteroatoms. The molecule has 1 aliphatic rings. The molecule has 1 aromatic carbocycles. The largest absolute Gasteiger partial charge is 0.365 e. The van der Waals surface area contributed by atoms with E-state index in [-0.39, 0.29) is 10.6 Å². The molecule has 0 aromatic heterocycles. The minimum atomic E-state index is -0.278. The zero-order valence-corrected chi connectivity index (χ0v) is 10.9. The topological polar surface area (TPSA) is 58.4 Å². The van der Waals surface area contributed by atoms with Crippen LogP contribution in [0.2, 0.25) is 0 Å². The number of nitrogens with zero attached hydrogens (tertiary/aromatic N) is 2. The van der Waals surface area contributed by atoms with Crippen molar-refractivity contribution in [1.29, 1.82) is 0 Å². The predicted octanol–water partition coefficient (Wildman–Crippen LogP) is 2.01. The van der Waals surface area contributed by atoms with Crippen molar-refractivity contribution in [2.75, 3.05) is 31.1 Å². The molecule has 0 bridgehead atoms. The molecule has 1 aliphatic heterocycles. The standard InChI is InChI=1S/C13H19N3O2/c1-10-8-12(13(16(17)18)9-11(10)2)15-6-3-4-14-5-7-15/h8-9,14H,3-7H2,1-2H3. The molecule has 98 valence electrons. The highest BCUT2D eigenvalue weighted by Gasteiger charge is 2.21. The Morgan fingerprint density at radius 2 is 1.94 bits per heavy atom. The summed E-state index contributed by atoms with van der Waals surface area (Å²) in [6.45, 7) is 7.47. The number of anilines is 1. The Hall–Kier alpha value is -1.62. The first kappa shape index (κ1) is 12.8. The summed E-state index contributed by atoms with van der Waals surface area (Å²) in [5, 5.41) is 14.5. The maximum atomic E-state index is 11.2. The normalized spacial score (nSPS) is 16.4. The molecular weight excluding hydrogens is 230 g/mol. The molecule has 0 atom stereocenters. The highest BCUT2D eigenvalue weighted by molar-refractivity contribution is 5.66. The van der Waals surface area contributed by atoms with Gasteiger partial charge >= 0.3 is 0 Å². The van der Waals surface area contributed by atoms with Gasteiger partial charge in [0.25, 0.3) is 5.69 Å². The summed E-state index contributed by atoms with van der Waals surface area (Å²) >= 11 is 0. The smallest absolute Gasteiger partial charge is 0.292 e. The average molecular weight is 249 g/mol. The van der Waals surface area contributed by atoms with Gasteiger partial charge in [0.15, 0.2) is 0 Å². The summed E-state index contributed by atoms with van der Waals surface area (Å²) < 4.78 is 0. The summed E-state index contributed by atoms with van der Waals surface area (Å²) in [5.41, 5.74) is 3.05. The molecule has 1 aromatic rings. The van der Waals surface area contributed by atoms with Gasteiger partial charge in [0.1, 0.15) is 5.69 Å². The highest BCUT2D eigenvalue weighted by atomic mass is 16.6. The third kappa shape index (κ3) is 2.61. The molecule has 0 amide bonds. The number of hydrogen-bond donors (Lipinski definition) is 1. The van der Waals surface area contributed by atoms with Gasteiger partial charge in [-0.3, -0.25) is 10.1 Å². The molecule has 0 aliphatic carbocycles. The van der Waals surface area contributed by atoms with Gasteiger partial charge in [0, 0.05) is 25.7 Å². The maximum absolute atomic E-state index is 11.2. The second kappa shape index (κ2) is 5.35. The van der Waals surface area contributed by atoms with Crippen LogP contribution >= 0.6 is 0 Å². The first-order valence-corrected chi connectivity index (χ1v) is 6.31. The van der Waals surface area contributed by atoms with Crippen LogP contribution < -0.4 is 10.2 Å². The number of nitrogens with one attached hydrogen (secondary N) is 1. The van der Waals surface area contributed by atoms with Gasteiger partial charge in [-0.05, 0) is 44.0 Å². The zero-order chi connectivity index (χ0) is 13.1. The Morgan fingerprint density at radius 1 is 1.22 bits per heavy atom. The molecule has 0 unspecified atom stereocenters. The van der Waals surface area contributed by atoms with E-state index >= 15 is 0 Å². The van der Waals surface area contributed by atoms with Gasteiger partial charge in [-0.15, -0.1) is 0 Å². The first-order valence-electron chi connectivity index (χ1n) is 6.31. The fourth-order valence-corrected chi connectivity index (χ4v) is 2.27. The molecule has 2 rings (SSSR count). The number of nitro groups is 1. The minimum absolute atomic E-state index is 0.222. The van der Waals surface area contributed by atoms with Crippen molar-refractivity contribution in [2.45, 2.75) is 20.3 Å². The van der Waals surface area contributed by atoms with Gasteiger partial charge < -0.3 is 10.2 Å². The van der Waals surface area contributed by atoms with E-state index in [2.05, 4.69) is 10.2 Å².